The summed E-state index contributed by atoms with van der Waals surface area (Å²) in [6.45, 7) is 5.59. The molecule has 2 nitrogen and oxygen atoms in total. The summed E-state index contributed by atoms with van der Waals surface area (Å²) in [5.41, 5.74) is 1.39. The number of nitrogens with one attached hydrogen (secondary N) is 1. The number of benzene rings is 1. The average molecular weight is 538 g/mol. The Balaban J connectivity index is 1.66. The number of unbranched alkanes of at least 4 members (excludes halogenated alkanes) is 20. The average Bonchev–Trinajstić information content (AvgIpc) is 3.41. The molecule has 1 heterocycles. The topological polar surface area (TPSA) is 19.7 Å². The first kappa shape index (κ1) is 33.6. The van der Waals surface area contributed by atoms with Crippen molar-refractivity contribution >= 4 is 0 Å². The Hall–Kier alpha value is -1.57. The van der Waals surface area contributed by atoms with Crippen LogP contribution >= 0.6 is 0 Å². The summed E-state index contributed by atoms with van der Waals surface area (Å²) in [4.78, 5) is 3.66. The Morgan fingerprint density at radius 3 is 1.38 bits per heavy atom. The first-order valence-corrected chi connectivity index (χ1v) is 17.5. The van der Waals surface area contributed by atoms with E-state index in [1.165, 1.54) is 165 Å². The third kappa shape index (κ3) is 17.0. The van der Waals surface area contributed by atoms with E-state index in [0.717, 1.165) is 6.54 Å². The van der Waals surface area contributed by atoms with Crippen LogP contribution in [0.3, 0.4) is 0 Å². The fourth-order valence-electron chi connectivity index (χ4n) is 6.17. The zero-order valence-corrected chi connectivity index (χ0v) is 26.2. The number of nitrogens with zero attached hydrogens (tertiary/aromatic N) is 1. The van der Waals surface area contributed by atoms with E-state index in [0.29, 0.717) is 5.92 Å². The molecule has 0 aliphatic rings. The van der Waals surface area contributed by atoms with Crippen molar-refractivity contribution in [3.05, 3.63) is 54.1 Å². The fourth-order valence-corrected chi connectivity index (χ4v) is 6.17. The van der Waals surface area contributed by atoms with Crippen LogP contribution in [0.15, 0.2) is 42.7 Å². The molecule has 0 unspecified atom stereocenters. The van der Waals surface area contributed by atoms with E-state index < -0.39 is 0 Å². The molecule has 2 aromatic rings. The maximum atomic E-state index is 3.66. The normalized spacial score (nSPS) is 12.3. The van der Waals surface area contributed by atoms with E-state index in [4.69, 9.17) is 0 Å². The van der Waals surface area contributed by atoms with Crippen LogP contribution in [0.25, 0.3) is 0 Å². The van der Waals surface area contributed by atoms with Crippen LogP contribution in [0.4, 0.5) is 0 Å². The lowest BCUT2D eigenvalue weighted by Crippen LogP contribution is -2.38. The van der Waals surface area contributed by atoms with Crippen molar-refractivity contribution in [2.24, 2.45) is 0 Å². The van der Waals surface area contributed by atoms with Crippen molar-refractivity contribution in [3.8, 4) is 0 Å². The molecular weight excluding hydrogens is 472 g/mol. The van der Waals surface area contributed by atoms with Gasteiger partial charge in [-0.3, -0.25) is 0 Å². The molecule has 0 spiro atoms. The van der Waals surface area contributed by atoms with Gasteiger partial charge in [0.1, 0.15) is 18.9 Å². The van der Waals surface area contributed by atoms with Crippen molar-refractivity contribution in [2.75, 3.05) is 0 Å². The molecule has 0 saturated carbocycles. The number of hydrogen-bond donors (Lipinski definition) is 1. The summed E-state index contributed by atoms with van der Waals surface area (Å²) in [6.07, 6.45) is 38.5. The minimum absolute atomic E-state index is 0.668. The molecule has 1 aromatic carbocycles. The molecular formula is C37H65N2+. The van der Waals surface area contributed by atoms with Crippen molar-refractivity contribution in [3.63, 3.8) is 0 Å². The molecule has 2 rings (SSSR count). The third-order valence-corrected chi connectivity index (χ3v) is 8.69. The molecule has 0 amide bonds. The smallest absolute Gasteiger partial charge is 0.247 e. The van der Waals surface area contributed by atoms with Crippen molar-refractivity contribution in [1.82, 2.24) is 4.98 Å². The second-order valence-electron chi connectivity index (χ2n) is 12.3. The molecule has 2 heteroatoms. The maximum absolute atomic E-state index is 3.66. The van der Waals surface area contributed by atoms with Gasteiger partial charge in [-0.2, -0.15) is 0 Å². The minimum atomic E-state index is 0.668. The maximum Gasteiger partial charge on any atom is 0.257 e. The van der Waals surface area contributed by atoms with Gasteiger partial charge < -0.3 is 0 Å². The molecule has 0 aliphatic carbocycles. The molecule has 0 radical (unpaired) electrons. The monoisotopic (exact) mass is 538 g/mol. The van der Waals surface area contributed by atoms with E-state index in [-0.39, 0.29) is 0 Å². The molecule has 1 atom stereocenters. The van der Waals surface area contributed by atoms with E-state index >= 15 is 0 Å². The summed E-state index contributed by atoms with van der Waals surface area (Å²) in [5.74, 6) is 2.12. The number of imidazole rings is 1. The minimum Gasteiger partial charge on any atom is -0.247 e. The van der Waals surface area contributed by atoms with Gasteiger partial charge in [0.05, 0.1) is 5.92 Å². The second kappa shape index (κ2) is 24.2. The van der Waals surface area contributed by atoms with E-state index in [2.05, 4.69) is 66.1 Å². The summed E-state index contributed by atoms with van der Waals surface area (Å²) >= 11 is 0. The van der Waals surface area contributed by atoms with Gasteiger partial charge in [-0.1, -0.05) is 185 Å². The molecule has 0 bridgehead atoms. The fraction of sp³-hybridized carbons (Fsp3) is 0.757. The molecule has 0 saturated heterocycles. The first-order valence-electron chi connectivity index (χ1n) is 17.5. The summed E-state index contributed by atoms with van der Waals surface area (Å²) in [6, 6.07) is 11.0. The highest BCUT2D eigenvalue weighted by molar-refractivity contribution is 5.13. The van der Waals surface area contributed by atoms with Crippen LogP contribution in [0, 0.1) is 0 Å². The van der Waals surface area contributed by atoms with Gasteiger partial charge in [-0.25, -0.2) is 9.55 Å². The van der Waals surface area contributed by atoms with Gasteiger partial charge in [0.25, 0.3) is 5.82 Å². The number of aromatic nitrogens is 2. The number of hydrogen-bond acceptors (Lipinski definition) is 0. The Morgan fingerprint density at radius 1 is 0.538 bits per heavy atom. The van der Waals surface area contributed by atoms with Gasteiger partial charge in [0.15, 0.2) is 0 Å². The van der Waals surface area contributed by atoms with Gasteiger partial charge in [-0.15, -0.1) is 0 Å². The predicted molar refractivity (Wildman–Crippen MR) is 171 cm³/mol. The van der Waals surface area contributed by atoms with Gasteiger partial charge in [0.2, 0.25) is 0 Å². The van der Waals surface area contributed by atoms with E-state index in [1.54, 1.807) is 0 Å². The van der Waals surface area contributed by atoms with Crippen LogP contribution in [-0.2, 0) is 6.54 Å². The van der Waals surface area contributed by atoms with Gasteiger partial charge in [-0.05, 0) is 18.4 Å². The summed E-state index contributed by atoms with van der Waals surface area (Å²) in [5, 5.41) is 0. The lowest BCUT2D eigenvalue weighted by Gasteiger charge is -2.14. The number of rotatable bonds is 27. The van der Waals surface area contributed by atoms with Crippen LogP contribution in [-0.4, -0.2) is 4.98 Å². The number of H-pyrrole nitrogens is 1. The quantitative estimate of drug-likeness (QED) is 0.0863. The zero-order valence-electron chi connectivity index (χ0n) is 26.2. The Morgan fingerprint density at radius 2 is 0.949 bits per heavy atom. The molecule has 0 aliphatic heterocycles. The van der Waals surface area contributed by atoms with Gasteiger partial charge >= 0.3 is 0 Å². The third-order valence-electron chi connectivity index (χ3n) is 8.69. The molecule has 0 fully saturated rings. The van der Waals surface area contributed by atoms with Crippen molar-refractivity contribution < 1.29 is 4.57 Å². The first-order chi connectivity index (χ1) is 19.3. The number of aromatic amines is 1. The van der Waals surface area contributed by atoms with Crippen molar-refractivity contribution in [1.29, 1.82) is 0 Å². The predicted octanol–water partition coefficient (Wildman–Crippen LogP) is 11.8. The molecule has 39 heavy (non-hydrogen) atoms. The highest BCUT2D eigenvalue weighted by Crippen LogP contribution is 2.26. The SMILES string of the molecule is CCCCCCCCCCCCCCCC[C@H](CCCCCCCCCC)c1[nH]cc[n+]1Cc1ccccc1. The van der Waals surface area contributed by atoms with Crippen LogP contribution in [0.2, 0.25) is 0 Å². The lowest BCUT2D eigenvalue weighted by atomic mass is 9.93. The highest BCUT2D eigenvalue weighted by atomic mass is 15.1. The van der Waals surface area contributed by atoms with E-state index in [1.807, 2.05) is 0 Å². The summed E-state index contributed by atoms with van der Waals surface area (Å²) < 4.78 is 2.48. The molecule has 1 N–H and O–H groups in total. The Labute approximate surface area is 243 Å². The van der Waals surface area contributed by atoms with Crippen LogP contribution < -0.4 is 4.57 Å². The van der Waals surface area contributed by atoms with Gasteiger partial charge in [0, 0.05) is 0 Å². The van der Waals surface area contributed by atoms with Crippen LogP contribution in [0.1, 0.15) is 185 Å². The zero-order chi connectivity index (χ0) is 27.6. The Kier molecular flexibility index (Phi) is 20.9. The lowest BCUT2D eigenvalue weighted by molar-refractivity contribution is -0.695. The van der Waals surface area contributed by atoms with E-state index in [9.17, 15) is 0 Å². The highest BCUT2D eigenvalue weighted by Gasteiger charge is 2.22. The molecule has 1 aromatic heterocycles. The summed E-state index contributed by atoms with van der Waals surface area (Å²) in [7, 11) is 0. The Bertz CT molecular complexity index is 765. The second-order valence-corrected chi connectivity index (χ2v) is 12.3. The largest absolute Gasteiger partial charge is 0.257 e. The van der Waals surface area contributed by atoms with Crippen molar-refractivity contribution in [2.45, 2.75) is 180 Å². The standard InChI is InChI=1S/C37H64N2/c1-3-5-7-9-11-13-14-15-16-17-18-20-22-27-31-36(30-26-21-19-12-10-8-6-4-2)37-38-32-33-39(37)34-35-28-24-23-25-29-35/h23-25,28-29,32-33,36H,3-22,26-27,30-31,34H2,1-2H3/p+1/t36-/m0/s1. The van der Waals surface area contributed by atoms with Crippen LogP contribution in [0.5, 0.6) is 0 Å². The molecule has 222 valence electrons.